The zero-order valence-electron chi connectivity index (χ0n) is 10.7. The van der Waals surface area contributed by atoms with E-state index in [4.69, 9.17) is 4.74 Å². The maximum atomic E-state index is 11.7. The zero-order valence-corrected chi connectivity index (χ0v) is 10.7. The first-order valence-electron chi connectivity index (χ1n) is 6.22. The minimum Gasteiger partial charge on any atom is -0.410 e. The lowest BCUT2D eigenvalue weighted by atomic mass is 10.2. The molecule has 3 heteroatoms. The van der Waals surface area contributed by atoms with Gasteiger partial charge >= 0.3 is 6.09 Å². The molecule has 3 nitrogen and oxygen atoms in total. The summed E-state index contributed by atoms with van der Waals surface area (Å²) < 4.78 is 5.22. The third kappa shape index (κ3) is 5.38. The van der Waals surface area contributed by atoms with Gasteiger partial charge in [-0.2, -0.15) is 0 Å². The standard InChI is InChI=1S/C14H21NO2/c1-3-4-5-9-12-15(2)14(16)17-13-10-7-6-8-11-13/h6-8,10-11H,3-5,9,12H2,1-2H3. The summed E-state index contributed by atoms with van der Waals surface area (Å²) in [6.07, 6.45) is 4.35. The van der Waals surface area contributed by atoms with Crippen LogP contribution in [0.3, 0.4) is 0 Å². The van der Waals surface area contributed by atoms with E-state index in [1.54, 1.807) is 24.1 Å². The Morgan fingerprint density at radius 1 is 1.18 bits per heavy atom. The molecule has 0 radical (unpaired) electrons. The second-order valence-corrected chi connectivity index (χ2v) is 4.16. The third-order valence-corrected chi connectivity index (χ3v) is 2.61. The first-order valence-corrected chi connectivity index (χ1v) is 6.22. The van der Waals surface area contributed by atoms with E-state index in [-0.39, 0.29) is 6.09 Å². The van der Waals surface area contributed by atoms with Crippen molar-refractivity contribution in [2.75, 3.05) is 13.6 Å². The number of ether oxygens (including phenoxy) is 1. The molecule has 1 amide bonds. The maximum Gasteiger partial charge on any atom is 0.414 e. The van der Waals surface area contributed by atoms with Crippen LogP contribution in [0.1, 0.15) is 32.6 Å². The number of hydrogen-bond donors (Lipinski definition) is 0. The number of rotatable bonds is 6. The molecule has 1 aromatic carbocycles. The van der Waals surface area contributed by atoms with Gasteiger partial charge in [0.2, 0.25) is 0 Å². The van der Waals surface area contributed by atoms with E-state index in [2.05, 4.69) is 6.92 Å². The second-order valence-electron chi connectivity index (χ2n) is 4.16. The van der Waals surface area contributed by atoms with Gasteiger partial charge in [-0.3, -0.25) is 0 Å². The van der Waals surface area contributed by atoms with Gasteiger partial charge in [-0.25, -0.2) is 4.79 Å². The predicted molar refractivity (Wildman–Crippen MR) is 69.2 cm³/mol. The van der Waals surface area contributed by atoms with E-state index in [1.807, 2.05) is 18.2 Å². The smallest absolute Gasteiger partial charge is 0.410 e. The van der Waals surface area contributed by atoms with Crippen molar-refractivity contribution in [2.24, 2.45) is 0 Å². The van der Waals surface area contributed by atoms with Crippen LogP contribution in [0, 0.1) is 0 Å². The lowest BCUT2D eigenvalue weighted by Crippen LogP contribution is -2.30. The Morgan fingerprint density at radius 3 is 2.53 bits per heavy atom. The molecule has 1 rings (SSSR count). The van der Waals surface area contributed by atoms with Crippen molar-refractivity contribution in [3.63, 3.8) is 0 Å². The molecule has 0 saturated heterocycles. The van der Waals surface area contributed by atoms with Crippen LogP contribution < -0.4 is 4.74 Å². The molecular weight excluding hydrogens is 214 g/mol. The monoisotopic (exact) mass is 235 g/mol. The van der Waals surface area contributed by atoms with E-state index in [0.717, 1.165) is 13.0 Å². The third-order valence-electron chi connectivity index (χ3n) is 2.61. The van der Waals surface area contributed by atoms with E-state index in [0.29, 0.717) is 5.75 Å². The van der Waals surface area contributed by atoms with Crippen LogP contribution in [0.5, 0.6) is 5.75 Å². The van der Waals surface area contributed by atoms with Crippen LogP contribution >= 0.6 is 0 Å². The Bertz CT molecular complexity index is 324. The van der Waals surface area contributed by atoms with Gasteiger partial charge in [-0.15, -0.1) is 0 Å². The number of hydrogen-bond acceptors (Lipinski definition) is 2. The molecule has 0 aliphatic rings. The molecule has 94 valence electrons. The summed E-state index contributed by atoms with van der Waals surface area (Å²) in [5.74, 6) is 0.595. The molecule has 0 spiro atoms. The number of unbranched alkanes of at least 4 members (excludes halogenated alkanes) is 3. The molecule has 0 saturated carbocycles. The van der Waals surface area contributed by atoms with Crippen molar-refractivity contribution in [3.8, 4) is 5.75 Å². The lowest BCUT2D eigenvalue weighted by molar-refractivity contribution is 0.162. The molecule has 0 unspecified atom stereocenters. The largest absolute Gasteiger partial charge is 0.414 e. The van der Waals surface area contributed by atoms with Crippen molar-refractivity contribution in [1.29, 1.82) is 0 Å². The SMILES string of the molecule is CCCCCCN(C)C(=O)Oc1ccccc1. The fraction of sp³-hybridized carbons (Fsp3) is 0.500. The van der Waals surface area contributed by atoms with Crippen LogP contribution in [0.4, 0.5) is 4.79 Å². The minimum atomic E-state index is -0.285. The number of amides is 1. The number of para-hydroxylation sites is 1. The Hall–Kier alpha value is -1.51. The van der Waals surface area contributed by atoms with Crippen LogP contribution in [0.2, 0.25) is 0 Å². The van der Waals surface area contributed by atoms with Gasteiger partial charge in [-0.1, -0.05) is 44.4 Å². The molecular formula is C14H21NO2. The summed E-state index contributed by atoms with van der Waals surface area (Å²) in [4.78, 5) is 13.3. The zero-order chi connectivity index (χ0) is 12.5. The van der Waals surface area contributed by atoms with Crippen molar-refractivity contribution < 1.29 is 9.53 Å². The second kappa shape index (κ2) is 7.71. The molecule has 0 aliphatic heterocycles. The van der Waals surface area contributed by atoms with Gasteiger partial charge < -0.3 is 9.64 Å². The summed E-state index contributed by atoms with van der Waals surface area (Å²) >= 11 is 0. The first kappa shape index (κ1) is 13.6. The van der Waals surface area contributed by atoms with E-state index < -0.39 is 0 Å². The van der Waals surface area contributed by atoms with Crippen molar-refractivity contribution in [3.05, 3.63) is 30.3 Å². The first-order chi connectivity index (χ1) is 8.24. The van der Waals surface area contributed by atoms with Crippen molar-refractivity contribution >= 4 is 6.09 Å². The number of carbonyl (C=O) groups excluding carboxylic acids is 1. The lowest BCUT2D eigenvalue weighted by Gasteiger charge is -2.16. The fourth-order valence-corrected chi connectivity index (χ4v) is 1.53. The van der Waals surface area contributed by atoms with Gasteiger partial charge in [-0.05, 0) is 18.6 Å². The summed E-state index contributed by atoms with van der Waals surface area (Å²) in [7, 11) is 1.78. The van der Waals surface area contributed by atoms with Crippen LogP contribution in [-0.2, 0) is 0 Å². The molecule has 0 aromatic heterocycles. The summed E-state index contributed by atoms with van der Waals surface area (Å²) in [5.41, 5.74) is 0. The highest BCUT2D eigenvalue weighted by Gasteiger charge is 2.09. The molecule has 1 aromatic rings. The van der Waals surface area contributed by atoms with Gasteiger partial charge in [0.25, 0.3) is 0 Å². The highest BCUT2D eigenvalue weighted by atomic mass is 16.6. The molecule has 0 N–H and O–H groups in total. The Balaban J connectivity index is 2.27. The van der Waals surface area contributed by atoms with E-state index in [9.17, 15) is 4.79 Å². The fourth-order valence-electron chi connectivity index (χ4n) is 1.53. The Morgan fingerprint density at radius 2 is 1.88 bits per heavy atom. The maximum absolute atomic E-state index is 11.7. The molecule has 0 bridgehead atoms. The highest BCUT2D eigenvalue weighted by molar-refractivity contribution is 5.70. The van der Waals surface area contributed by atoms with Gasteiger partial charge in [0, 0.05) is 13.6 Å². The van der Waals surface area contributed by atoms with Gasteiger partial charge in [0.1, 0.15) is 5.75 Å². The Kier molecular flexibility index (Phi) is 6.15. The molecule has 0 heterocycles. The van der Waals surface area contributed by atoms with E-state index in [1.165, 1.54) is 19.3 Å². The highest BCUT2D eigenvalue weighted by Crippen LogP contribution is 2.10. The summed E-state index contributed by atoms with van der Waals surface area (Å²) in [5, 5.41) is 0. The van der Waals surface area contributed by atoms with Crippen LogP contribution in [-0.4, -0.2) is 24.6 Å². The predicted octanol–water partition coefficient (Wildman–Crippen LogP) is 3.70. The van der Waals surface area contributed by atoms with Crippen LogP contribution in [0.15, 0.2) is 30.3 Å². The van der Waals surface area contributed by atoms with Gasteiger partial charge in [0.15, 0.2) is 0 Å². The molecule has 0 fully saturated rings. The normalized spacial score (nSPS) is 10.0. The number of nitrogens with zero attached hydrogens (tertiary/aromatic N) is 1. The number of benzene rings is 1. The average Bonchev–Trinajstić information content (AvgIpc) is 2.35. The minimum absolute atomic E-state index is 0.285. The summed E-state index contributed by atoms with van der Waals surface area (Å²) in [6, 6.07) is 9.16. The Labute approximate surface area is 103 Å². The average molecular weight is 235 g/mol. The van der Waals surface area contributed by atoms with Crippen LogP contribution in [0.25, 0.3) is 0 Å². The molecule has 17 heavy (non-hydrogen) atoms. The van der Waals surface area contributed by atoms with E-state index >= 15 is 0 Å². The number of carbonyl (C=O) groups is 1. The summed E-state index contributed by atoms with van der Waals surface area (Å²) in [6.45, 7) is 2.93. The molecule has 0 atom stereocenters. The molecule has 0 aliphatic carbocycles. The quantitative estimate of drug-likeness (QED) is 0.704. The topological polar surface area (TPSA) is 29.5 Å². The van der Waals surface area contributed by atoms with Crippen molar-refractivity contribution in [2.45, 2.75) is 32.6 Å². The van der Waals surface area contributed by atoms with Gasteiger partial charge in [0.05, 0.1) is 0 Å². The van der Waals surface area contributed by atoms with Crippen molar-refractivity contribution in [1.82, 2.24) is 4.90 Å².